The van der Waals surface area contributed by atoms with E-state index in [4.69, 9.17) is 22.4 Å². The second kappa shape index (κ2) is 11.0. The SMILES string of the molecule is CN(CC(=O)Nc1ccc(C(N)=O)cc1)Cc1cn(Cc2ccccc2Cl)nc1-c1ccccc1. The van der Waals surface area contributed by atoms with Gasteiger partial charge >= 0.3 is 0 Å². The summed E-state index contributed by atoms with van der Waals surface area (Å²) in [6, 6.07) is 24.2. The standard InChI is InChI=1S/C27H26ClN5O2/c1-32(18-25(34)30-23-13-11-20(12-14-23)27(29)35)15-22-17-33(16-21-9-5-6-10-24(21)28)31-26(22)19-7-3-2-4-8-19/h2-14,17H,15-16,18H2,1H3,(H2,29,35)(H,30,34). The predicted octanol–water partition coefficient (Wildman–Crippen LogP) is 4.42. The lowest BCUT2D eigenvalue weighted by atomic mass is 10.1. The Morgan fingerprint density at radius 1 is 0.971 bits per heavy atom. The lowest BCUT2D eigenvalue weighted by molar-refractivity contribution is -0.117. The van der Waals surface area contributed by atoms with Crippen LogP contribution in [0.15, 0.2) is 85.1 Å². The molecule has 0 saturated carbocycles. The number of benzene rings is 3. The smallest absolute Gasteiger partial charge is 0.248 e. The van der Waals surface area contributed by atoms with E-state index in [-0.39, 0.29) is 12.5 Å². The Kier molecular flexibility index (Phi) is 7.60. The van der Waals surface area contributed by atoms with Crippen molar-refractivity contribution in [1.82, 2.24) is 14.7 Å². The maximum Gasteiger partial charge on any atom is 0.248 e. The van der Waals surface area contributed by atoms with Crippen molar-refractivity contribution in [3.05, 3.63) is 107 Å². The van der Waals surface area contributed by atoms with Gasteiger partial charge in [-0.1, -0.05) is 60.1 Å². The van der Waals surface area contributed by atoms with Crippen molar-refractivity contribution in [3.8, 4) is 11.3 Å². The summed E-state index contributed by atoms with van der Waals surface area (Å²) < 4.78 is 1.88. The van der Waals surface area contributed by atoms with Crippen molar-refractivity contribution in [2.24, 2.45) is 5.73 Å². The molecule has 0 aliphatic heterocycles. The van der Waals surface area contributed by atoms with Gasteiger partial charge in [-0.05, 0) is 42.9 Å². The van der Waals surface area contributed by atoms with Crippen molar-refractivity contribution >= 4 is 29.1 Å². The summed E-state index contributed by atoms with van der Waals surface area (Å²) in [5.41, 5.74) is 10.1. The van der Waals surface area contributed by atoms with Crippen LogP contribution in [-0.4, -0.2) is 40.1 Å². The van der Waals surface area contributed by atoms with Gasteiger partial charge in [-0.25, -0.2) is 0 Å². The van der Waals surface area contributed by atoms with Gasteiger partial charge in [0.1, 0.15) is 0 Å². The molecule has 1 heterocycles. The van der Waals surface area contributed by atoms with Gasteiger partial charge in [0.15, 0.2) is 0 Å². The molecule has 2 amide bonds. The fraction of sp³-hybridized carbons (Fsp3) is 0.148. The molecule has 4 rings (SSSR count). The largest absolute Gasteiger partial charge is 0.366 e. The number of nitrogens with two attached hydrogens (primary N) is 1. The lowest BCUT2D eigenvalue weighted by Gasteiger charge is -2.16. The Morgan fingerprint density at radius 3 is 2.34 bits per heavy atom. The van der Waals surface area contributed by atoms with Crippen molar-refractivity contribution in [2.75, 3.05) is 18.9 Å². The summed E-state index contributed by atoms with van der Waals surface area (Å²) in [5.74, 6) is -0.670. The van der Waals surface area contributed by atoms with Gasteiger partial charge in [0.2, 0.25) is 11.8 Å². The lowest BCUT2D eigenvalue weighted by Crippen LogP contribution is -2.29. The number of nitrogens with one attached hydrogen (secondary N) is 1. The summed E-state index contributed by atoms with van der Waals surface area (Å²) in [7, 11) is 1.88. The molecule has 35 heavy (non-hydrogen) atoms. The summed E-state index contributed by atoms with van der Waals surface area (Å²) in [6.45, 7) is 1.26. The minimum atomic E-state index is -0.507. The highest BCUT2D eigenvalue weighted by atomic mass is 35.5. The first-order chi connectivity index (χ1) is 16.9. The number of likely N-dealkylation sites (N-methyl/N-ethyl adjacent to an activating group) is 1. The zero-order valence-electron chi connectivity index (χ0n) is 19.3. The van der Waals surface area contributed by atoms with Gasteiger partial charge in [-0.3, -0.25) is 19.2 Å². The van der Waals surface area contributed by atoms with Crippen LogP contribution in [0.2, 0.25) is 5.02 Å². The van der Waals surface area contributed by atoms with Crippen LogP contribution >= 0.6 is 11.6 Å². The average Bonchev–Trinajstić information content (AvgIpc) is 3.23. The normalized spacial score (nSPS) is 10.9. The highest BCUT2D eigenvalue weighted by Gasteiger charge is 2.16. The summed E-state index contributed by atoms with van der Waals surface area (Å²) in [5, 5.41) is 8.38. The fourth-order valence-corrected chi connectivity index (χ4v) is 4.01. The predicted molar refractivity (Wildman–Crippen MR) is 138 cm³/mol. The van der Waals surface area contributed by atoms with Crippen LogP contribution in [0.1, 0.15) is 21.5 Å². The van der Waals surface area contributed by atoms with Crippen LogP contribution in [0.3, 0.4) is 0 Å². The van der Waals surface area contributed by atoms with Crippen LogP contribution < -0.4 is 11.1 Å². The number of halogens is 1. The second-order valence-electron chi connectivity index (χ2n) is 8.32. The number of primary amides is 1. The van der Waals surface area contributed by atoms with E-state index in [0.717, 1.165) is 22.4 Å². The molecule has 0 saturated heterocycles. The molecule has 3 aromatic carbocycles. The van der Waals surface area contributed by atoms with Crippen molar-refractivity contribution in [1.29, 1.82) is 0 Å². The fourth-order valence-electron chi connectivity index (χ4n) is 3.81. The van der Waals surface area contributed by atoms with E-state index in [1.54, 1.807) is 24.3 Å². The topological polar surface area (TPSA) is 93.3 Å². The quantitative estimate of drug-likeness (QED) is 0.365. The molecule has 0 atom stereocenters. The highest BCUT2D eigenvalue weighted by molar-refractivity contribution is 6.31. The van der Waals surface area contributed by atoms with E-state index in [1.807, 2.05) is 77.4 Å². The van der Waals surface area contributed by atoms with Gasteiger partial charge in [0.05, 0.1) is 18.8 Å². The van der Waals surface area contributed by atoms with Gasteiger partial charge in [-0.15, -0.1) is 0 Å². The van der Waals surface area contributed by atoms with Crippen molar-refractivity contribution < 1.29 is 9.59 Å². The molecule has 3 N–H and O–H groups in total. The third kappa shape index (κ3) is 6.35. The Morgan fingerprint density at radius 2 is 1.66 bits per heavy atom. The molecule has 0 aliphatic carbocycles. The molecule has 8 heteroatoms. The molecule has 0 unspecified atom stereocenters. The molecular weight excluding hydrogens is 462 g/mol. The first-order valence-electron chi connectivity index (χ1n) is 11.1. The molecule has 0 spiro atoms. The number of hydrogen-bond acceptors (Lipinski definition) is 4. The minimum absolute atomic E-state index is 0.163. The van der Waals surface area contributed by atoms with Crippen LogP contribution in [0.25, 0.3) is 11.3 Å². The number of aromatic nitrogens is 2. The van der Waals surface area contributed by atoms with Gasteiger partial charge < -0.3 is 11.1 Å². The van der Waals surface area contributed by atoms with Crippen LogP contribution in [0.5, 0.6) is 0 Å². The Labute approximate surface area is 209 Å². The number of hydrogen-bond donors (Lipinski definition) is 2. The Bertz CT molecular complexity index is 1320. The maximum atomic E-state index is 12.6. The van der Waals surface area contributed by atoms with E-state index in [9.17, 15) is 9.59 Å². The molecule has 0 fully saturated rings. The number of amides is 2. The molecule has 0 bridgehead atoms. The first-order valence-corrected chi connectivity index (χ1v) is 11.5. The summed E-state index contributed by atoms with van der Waals surface area (Å²) in [6.07, 6.45) is 2.00. The Hall–Kier alpha value is -3.94. The van der Waals surface area contributed by atoms with Crippen molar-refractivity contribution in [2.45, 2.75) is 13.1 Å². The number of carbonyl (C=O) groups is 2. The van der Waals surface area contributed by atoms with Gasteiger partial charge in [0.25, 0.3) is 0 Å². The molecule has 178 valence electrons. The zero-order chi connectivity index (χ0) is 24.8. The van der Waals surface area contributed by atoms with Gasteiger partial charge in [0, 0.05) is 40.1 Å². The van der Waals surface area contributed by atoms with E-state index in [1.165, 1.54) is 0 Å². The highest BCUT2D eigenvalue weighted by Crippen LogP contribution is 2.24. The van der Waals surface area contributed by atoms with E-state index in [2.05, 4.69) is 5.32 Å². The maximum absolute atomic E-state index is 12.6. The van der Waals surface area contributed by atoms with E-state index in [0.29, 0.717) is 29.4 Å². The summed E-state index contributed by atoms with van der Waals surface area (Å²) in [4.78, 5) is 25.7. The monoisotopic (exact) mass is 487 g/mol. The number of carbonyl (C=O) groups excluding carboxylic acids is 2. The molecule has 0 radical (unpaired) electrons. The molecule has 1 aromatic heterocycles. The third-order valence-electron chi connectivity index (χ3n) is 5.48. The average molecular weight is 488 g/mol. The minimum Gasteiger partial charge on any atom is -0.366 e. The molecule has 4 aromatic rings. The number of nitrogens with zero attached hydrogens (tertiary/aromatic N) is 3. The Balaban J connectivity index is 1.47. The third-order valence-corrected chi connectivity index (χ3v) is 5.85. The van der Waals surface area contributed by atoms with E-state index >= 15 is 0 Å². The molecule has 7 nitrogen and oxygen atoms in total. The van der Waals surface area contributed by atoms with Crippen LogP contribution in [0, 0.1) is 0 Å². The number of rotatable bonds is 9. The molecular formula is C27H26ClN5O2. The van der Waals surface area contributed by atoms with E-state index < -0.39 is 5.91 Å². The van der Waals surface area contributed by atoms with Gasteiger partial charge in [-0.2, -0.15) is 5.10 Å². The molecule has 0 aliphatic rings. The summed E-state index contributed by atoms with van der Waals surface area (Å²) >= 11 is 6.35. The number of anilines is 1. The zero-order valence-corrected chi connectivity index (χ0v) is 20.1. The van der Waals surface area contributed by atoms with Crippen LogP contribution in [-0.2, 0) is 17.9 Å². The first kappa shape index (κ1) is 24.2. The van der Waals surface area contributed by atoms with Crippen molar-refractivity contribution in [3.63, 3.8) is 0 Å². The second-order valence-corrected chi connectivity index (χ2v) is 8.73. The van der Waals surface area contributed by atoms with Crippen LogP contribution in [0.4, 0.5) is 5.69 Å².